The molecule has 0 aromatic heterocycles. The van der Waals surface area contributed by atoms with Crippen molar-refractivity contribution in [2.45, 2.75) is 6.92 Å². The fraction of sp³-hybridized carbons (Fsp3) is 0.167. The van der Waals surface area contributed by atoms with Gasteiger partial charge in [-0.2, -0.15) is 5.26 Å². The average Bonchev–Trinajstić information content (AvgIpc) is 2.76. The van der Waals surface area contributed by atoms with Crippen molar-refractivity contribution in [2.24, 2.45) is 0 Å². The van der Waals surface area contributed by atoms with E-state index in [1.54, 1.807) is 30.3 Å². The van der Waals surface area contributed by atoms with Crippen LogP contribution in [-0.4, -0.2) is 48.4 Å². The maximum absolute atomic E-state index is 12.4. The van der Waals surface area contributed by atoms with Gasteiger partial charge in [-0.15, -0.1) is 0 Å². The number of benzene rings is 2. The van der Waals surface area contributed by atoms with Gasteiger partial charge in [0.05, 0.1) is 0 Å². The lowest BCUT2D eigenvalue weighted by atomic mass is 9.93. The van der Waals surface area contributed by atoms with E-state index in [1.807, 2.05) is 43.3 Å². The SMILES string of the molecule is CC1=C(C#N)C(=O)N(CC(=O)O)C(=O)/C1=C\c1ccc(N)cc1.CN(C)c1ccc(N)cc1. The van der Waals surface area contributed by atoms with E-state index in [-0.39, 0.29) is 16.7 Å². The molecule has 2 aromatic carbocycles. The zero-order chi connectivity index (χ0) is 24.7. The number of nitrogen functional groups attached to an aromatic ring is 2. The van der Waals surface area contributed by atoms with Gasteiger partial charge in [-0.05, 0) is 60.5 Å². The molecule has 0 saturated carbocycles. The Morgan fingerprint density at radius 3 is 2.00 bits per heavy atom. The Labute approximate surface area is 191 Å². The molecular weight excluding hydrogens is 422 g/mol. The number of anilines is 3. The van der Waals surface area contributed by atoms with Crippen LogP contribution in [0.2, 0.25) is 0 Å². The number of nitrogens with two attached hydrogens (primary N) is 2. The topological polar surface area (TPSA) is 154 Å². The number of carboxylic acids is 1. The van der Waals surface area contributed by atoms with Crippen LogP contribution >= 0.6 is 0 Å². The number of rotatable bonds is 4. The number of carboxylic acid groups (broad SMARTS) is 1. The first-order valence-electron chi connectivity index (χ1n) is 9.84. The number of aliphatic carboxylic acids is 1. The van der Waals surface area contributed by atoms with Crippen LogP contribution in [0, 0.1) is 11.3 Å². The van der Waals surface area contributed by atoms with Gasteiger partial charge in [0.1, 0.15) is 18.2 Å². The standard InChI is InChI=1S/C16H13N3O4.C8H12N2/c1-9-12(6-10-2-4-11(18)5-3-10)15(22)19(8-14(20)21)16(23)13(9)7-17;1-10(2)8-5-3-7(9)4-6-8/h2-6H,8,18H2,1H3,(H,20,21);3-6H,9H2,1-2H3/b12-6-;. The number of nitrogens with zero attached hydrogens (tertiary/aromatic N) is 3. The number of carbonyl (C=O) groups is 3. The van der Waals surface area contributed by atoms with Crippen molar-refractivity contribution in [3.63, 3.8) is 0 Å². The van der Waals surface area contributed by atoms with Gasteiger partial charge < -0.3 is 21.5 Å². The Morgan fingerprint density at radius 1 is 1.03 bits per heavy atom. The lowest BCUT2D eigenvalue weighted by Crippen LogP contribution is -2.45. The number of hydrogen-bond donors (Lipinski definition) is 3. The summed E-state index contributed by atoms with van der Waals surface area (Å²) in [6.07, 6.45) is 1.50. The zero-order valence-electron chi connectivity index (χ0n) is 18.6. The van der Waals surface area contributed by atoms with Crippen LogP contribution in [-0.2, 0) is 14.4 Å². The van der Waals surface area contributed by atoms with Crippen LogP contribution in [0.4, 0.5) is 17.1 Å². The molecule has 0 atom stereocenters. The van der Waals surface area contributed by atoms with E-state index in [9.17, 15) is 14.4 Å². The zero-order valence-corrected chi connectivity index (χ0v) is 18.6. The van der Waals surface area contributed by atoms with E-state index in [1.165, 1.54) is 18.7 Å². The number of imide groups is 1. The molecule has 0 aliphatic carbocycles. The van der Waals surface area contributed by atoms with Crippen LogP contribution in [0.5, 0.6) is 0 Å². The van der Waals surface area contributed by atoms with Crippen LogP contribution in [0.3, 0.4) is 0 Å². The second kappa shape index (κ2) is 10.6. The van der Waals surface area contributed by atoms with Gasteiger partial charge in [0, 0.05) is 36.7 Å². The highest BCUT2D eigenvalue weighted by Crippen LogP contribution is 2.27. The first kappa shape index (κ1) is 24.7. The summed E-state index contributed by atoms with van der Waals surface area (Å²) < 4.78 is 0. The van der Waals surface area contributed by atoms with Gasteiger partial charge in [-0.1, -0.05) is 12.1 Å². The summed E-state index contributed by atoms with van der Waals surface area (Å²) in [6, 6.07) is 16.2. The third-order valence-corrected chi connectivity index (χ3v) is 4.78. The maximum Gasteiger partial charge on any atom is 0.323 e. The molecule has 9 heteroatoms. The molecule has 33 heavy (non-hydrogen) atoms. The van der Waals surface area contributed by atoms with Crippen LogP contribution < -0.4 is 16.4 Å². The molecule has 0 fully saturated rings. The Balaban J connectivity index is 0.000000321. The molecular formula is C24H25N5O4. The second-order valence-corrected chi connectivity index (χ2v) is 7.41. The van der Waals surface area contributed by atoms with Crippen molar-refractivity contribution < 1.29 is 19.5 Å². The predicted octanol–water partition coefficient (Wildman–Crippen LogP) is 2.28. The molecule has 0 saturated heterocycles. The predicted molar refractivity (Wildman–Crippen MR) is 127 cm³/mol. The highest BCUT2D eigenvalue weighted by atomic mass is 16.4. The Bertz CT molecular complexity index is 1160. The largest absolute Gasteiger partial charge is 0.480 e. The quantitative estimate of drug-likeness (QED) is 0.366. The van der Waals surface area contributed by atoms with Crippen LogP contribution in [0.1, 0.15) is 12.5 Å². The fourth-order valence-corrected chi connectivity index (χ4v) is 2.94. The first-order chi connectivity index (χ1) is 15.5. The summed E-state index contributed by atoms with van der Waals surface area (Å²) in [4.78, 5) is 37.9. The van der Waals surface area contributed by atoms with E-state index >= 15 is 0 Å². The second-order valence-electron chi connectivity index (χ2n) is 7.41. The monoisotopic (exact) mass is 447 g/mol. The molecule has 0 bridgehead atoms. The molecule has 2 aromatic rings. The smallest absolute Gasteiger partial charge is 0.323 e. The average molecular weight is 447 g/mol. The number of amides is 2. The molecule has 0 spiro atoms. The van der Waals surface area contributed by atoms with Crippen LogP contribution in [0.25, 0.3) is 6.08 Å². The minimum absolute atomic E-state index is 0.104. The Morgan fingerprint density at radius 2 is 1.55 bits per heavy atom. The molecule has 5 N–H and O–H groups in total. The first-order valence-corrected chi connectivity index (χ1v) is 9.84. The third kappa shape index (κ3) is 6.21. The molecule has 0 radical (unpaired) electrons. The number of hydrogen-bond acceptors (Lipinski definition) is 7. The van der Waals surface area contributed by atoms with Gasteiger partial charge in [0.15, 0.2) is 0 Å². The van der Waals surface area contributed by atoms with E-state index in [0.717, 1.165) is 5.69 Å². The normalized spacial score (nSPS) is 14.5. The van der Waals surface area contributed by atoms with Gasteiger partial charge in [0.2, 0.25) is 0 Å². The van der Waals surface area contributed by atoms with Gasteiger partial charge in [-0.3, -0.25) is 19.3 Å². The Kier molecular flexibility index (Phi) is 7.96. The van der Waals surface area contributed by atoms with Crippen molar-refractivity contribution >= 4 is 40.9 Å². The van der Waals surface area contributed by atoms with Gasteiger partial charge in [0.25, 0.3) is 11.8 Å². The van der Waals surface area contributed by atoms with Crippen molar-refractivity contribution in [1.29, 1.82) is 5.26 Å². The van der Waals surface area contributed by atoms with Gasteiger partial charge >= 0.3 is 5.97 Å². The maximum atomic E-state index is 12.4. The van der Waals surface area contributed by atoms with Crippen molar-refractivity contribution in [1.82, 2.24) is 4.90 Å². The van der Waals surface area contributed by atoms with E-state index in [4.69, 9.17) is 21.8 Å². The fourth-order valence-electron chi connectivity index (χ4n) is 2.94. The van der Waals surface area contributed by atoms with Crippen molar-refractivity contribution in [3.8, 4) is 6.07 Å². The van der Waals surface area contributed by atoms with Crippen molar-refractivity contribution in [3.05, 3.63) is 70.8 Å². The molecule has 1 aliphatic heterocycles. The van der Waals surface area contributed by atoms with Gasteiger partial charge in [-0.25, -0.2) is 0 Å². The summed E-state index contributed by atoms with van der Waals surface area (Å²) in [6.45, 7) is 0.685. The van der Waals surface area contributed by atoms with E-state index in [2.05, 4.69) is 0 Å². The lowest BCUT2D eigenvalue weighted by Gasteiger charge is -2.26. The van der Waals surface area contributed by atoms with Crippen LogP contribution in [0.15, 0.2) is 65.3 Å². The molecule has 1 heterocycles. The molecule has 9 nitrogen and oxygen atoms in total. The summed E-state index contributed by atoms with van der Waals surface area (Å²) in [5.74, 6) is -2.98. The summed E-state index contributed by atoms with van der Waals surface area (Å²) >= 11 is 0. The highest BCUT2D eigenvalue weighted by molar-refractivity contribution is 6.20. The Hall–Kier alpha value is -4.58. The summed E-state index contributed by atoms with van der Waals surface area (Å²) in [7, 11) is 4.01. The molecule has 170 valence electrons. The van der Waals surface area contributed by atoms with E-state index < -0.39 is 24.3 Å². The summed E-state index contributed by atoms with van der Waals surface area (Å²) in [5, 5.41) is 18.0. The number of nitriles is 1. The molecule has 3 rings (SSSR count). The van der Waals surface area contributed by atoms with Crippen molar-refractivity contribution in [2.75, 3.05) is 37.0 Å². The summed E-state index contributed by atoms with van der Waals surface area (Å²) in [5.41, 5.74) is 14.4. The number of carbonyl (C=O) groups excluding carboxylic acids is 2. The third-order valence-electron chi connectivity index (χ3n) is 4.78. The highest BCUT2D eigenvalue weighted by Gasteiger charge is 2.36. The molecule has 1 aliphatic rings. The minimum Gasteiger partial charge on any atom is -0.480 e. The molecule has 0 unspecified atom stereocenters. The lowest BCUT2D eigenvalue weighted by molar-refractivity contribution is -0.149. The minimum atomic E-state index is -1.34. The molecule has 2 amide bonds. The van der Waals surface area contributed by atoms with E-state index in [0.29, 0.717) is 16.2 Å².